The quantitative estimate of drug-likeness (QED) is 0.408. The van der Waals surface area contributed by atoms with E-state index >= 15 is 0 Å². The number of rotatable bonds is 6. The molecule has 11 heteroatoms. The summed E-state index contributed by atoms with van der Waals surface area (Å²) in [5, 5.41) is 7.09. The highest BCUT2D eigenvalue weighted by Gasteiger charge is 2.33. The van der Waals surface area contributed by atoms with Crippen LogP contribution in [0.4, 0.5) is 23.5 Å². The molecule has 0 spiro atoms. The second kappa shape index (κ2) is 8.48. The van der Waals surface area contributed by atoms with E-state index in [1.807, 2.05) is 0 Å². The molecule has 0 saturated carbocycles. The summed E-state index contributed by atoms with van der Waals surface area (Å²) in [6.45, 7) is 1.90. The van der Waals surface area contributed by atoms with Crippen molar-refractivity contribution in [2.75, 3.05) is 31.2 Å². The van der Waals surface area contributed by atoms with E-state index < -0.39 is 23.8 Å². The lowest BCUT2D eigenvalue weighted by Gasteiger charge is -2.28. The van der Waals surface area contributed by atoms with Crippen molar-refractivity contribution in [2.45, 2.75) is 30.1 Å². The van der Waals surface area contributed by atoms with Gasteiger partial charge >= 0.3 is 6.18 Å². The fourth-order valence-electron chi connectivity index (χ4n) is 2.74. The Balaban J connectivity index is 1.82. The summed E-state index contributed by atoms with van der Waals surface area (Å²) in [4.78, 5) is 14.2. The predicted octanol–water partition coefficient (Wildman–Crippen LogP) is 3.18. The summed E-state index contributed by atoms with van der Waals surface area (Å²) in [6, 6.07) is 5.00. The molecule has 1 aliphatic heterocycles. The van der Waals surface area contributed by atoms with E-state index in [0.29, 0.717) is 26.3 Å². The van der Waals surface area contributed by atoms with Gasteiger partial charge in [0.2, 0.25) is 5.95 Å². The Labute approximate surface area is 162 Å². The molecule has 1 fully saturated rings. The van der Waals surface area contributed by atoms with Gasteiger partial charge in [0, 0.05) is 18.7 Å². The maximum Gasteiger partial charge on any atom is 0.406 e. The third-order valence-corrected chi connectivity index (χ3v) is 5.19. The molecule has 0 bridgehead atoms. The van der Waals surface area contributed by atoms with E-state index in [1.165, 1.54) is 12.1 Å². The number of nitrogens with zero attached hydrogens (tertiary/aromatic N) is 4. The molecule has 0 N–H and O–H groups in total. The third kappa shape index (κ3) is 5.02. The zero-order valence-corrected chi connectivity index (χ0v) is 15.8. The molecule has 6 nitrogen and oxygen atoms in total. The van der Waals surface area contributed by atoms with Crippen molar-refractivity contribution in [3.63, 3.8) is 0 Å². The molecular formula is C17H18F4N4O2S. The van der Waals surface area contributed by atoms with Gasteiger partial charge in [0.15, 0.2) is 10.9 Å². The Bertz CT molecular complexity index is 820. The Morgan fingerprint density at radius 2 is 1.86 bits per heavy atom. The van der Waals surface area contributed by atoms with Gasteiger partial charge in [-0.25, -0.2) is 4.39 Å². The average molecular weight is 418 g/mol. The number of alkyl halides is 3. The minimum atomic E-state index is -4.47. The molecule has 0 amide bonds. The van der Waals surface area contributed by atoms with Crippen molar-refractivity contribution in [3.05, 3.63) is 35.6 Å². The Hall–Kier alpha value is -2.14. The molecule has 1 aromatic carbocycles. The number of carbonyl (C=O) groups is 1. The monoisotopic (exact) mass is 418 g/mol. The molecular weight excluding hydrogens is 400 g/mol. The summed E-state index contributed by atoms with van der Waals surface area (Å²) in [5.74, 6) is -0.707. The smallest absolute Gasteiger partial charge is 0.378 e. The fraction of sp³-hybridized carbons (Fsp3) is 0.471. The van der Waals surface area contributed by atoms with Gasteiger partial charge in [0.1, 0.15) is 12.4 Å². The van der Waals surface area contributed by atoms with Crippen molar-refractivity contribution in [2.24, 2.45) is 0 Å². The fourth-order valence-corrected chi connectivity index (χ4v) is 3.66. The average Bonchev–Trinajstić information content (AvgIpc) is 3.03. The molecule has 1 aromatic heterocycles. The van der Waals surface area contributed by atoms with Gasteiger partial charge in [0.25, 0.3) is 0 Å². The maximum atomic E-state index is 13.1. The molecule has 0 radical (unpaired) electrons. The van der Waals surface area contributed by atoms with Crippen LogP contribution in [0.3, 0.4) is 0 Å². The van der Waals surface area contributed by atoms with Crippen LogP contribution in [0.2, 0.25) is 0 Å². The van der Waals surface area contributed by atoms with Crippen LogP contribution in [-0.2, 0) is 11.3 Å². The highest BCUT2D eigenvalue weighted by Crippen LogP contribution is 2.31. The number of ether oxygens (including phenoxy) is 1. The number of thioether (sulfide) groups is 1. The molecule has 3 rings (SSSR count). The second-order valence-corrected chi connectivity index (χ2v) is 7.52. The lowest BCUT2D eigenvalue weighted by molar-refractivity contribution is -0.141. The number of hydrogen-bond acceptors (Lipinski definition) is 6. The van der Waals surface area contributed by atoms with Crippen LogP contribution in [0.15, 0.2) is 29.4 Å². The first-order chi connectivity index (χ1) is 13.2. The third-order valence-electron chi connectivity index (χ3n) is 4.11. The predicted molar refractivity (Wildman–Crippen MR) is 95.2 cm³/mol. The highest BCUT2D eigenvalue weighted by atomic mass is 32.2. The zero-order valence-electron chi connectivity index (χ0n) is 14.9. The summed E-state index contributed by atoms with van der Waals surface area (Å²) < 4.78 is 58.6. The summed E-state index contributed by atoms with van der Waals surface area (Å²) >= 11 is 0.891. The Morgan fingerprint density at radius 1 is 1.21 bits per heavy atom. The van der Waals surface area contributed by atoms with Gasteiger partial charge in [0.05, 0.1) is 18.5 Å². The first kappa shape index (κ1) is 20.6. The number of ketones is 1. The minimum Gasteiger partial charge on any atom is -0.378 e. The molecule has 1 saturated heterocycles. The second-order valence-electron chi connectivity index (χ2n) is 6.21. The summed E-state index contributed by atoms with van der Waals surface area (Å²) in [5.41, 5.74) is 0.275. The Kier molecular flexibility index (Phi) is 6.23. The van der Waals surface area contributed by atoms with Crippen molar-refractivity contribution >= 4 is 23.5 Å². The summed E-state index contributed by atoms with van der Waals surface area (Å²) in [6.07, 6.45) is -4.47. The van der Waals surface area contributed by atoms with E-state index in [0.717, 1.165) is 28.5 Å². The van der Waals surface area contributed by atoms with Crippen LogP contribution in [0.1, 0.15) is 17.3 Å². The van der Waals surface area contributed by atoms with Crippen LogP contribution >= 0.6 is 11.8 Å². The molecule has 1 atom stereocenters. The first-order valence-corrected chi connectivity index (χ1v) is 9.41. The lowest BCUT2D eigenvalue weighted by Crippen LogP contribution is -2.38. The number of anilines is 1. The normalized spacial score (nSPS) is 16.2. The number of carbonyl (C=O) groups excluding carboxylic acids is 1. The number of Topliss-reactive ketones (excluding diaryl/α,β-unsaturated/α-hetero) is 1. The van der Waals surface area contributed by atoms with E-state index in [1.54, 1.807) is 11.8 Å². The lowest BCUT2D eigenvalue weighted by atomic mass is 10.1. The van der Waals surface area contributed by atoms with Crippen LogP contribution in [0.25, 0.3) is 0 Å². The number of hydrogen-bond donors (Lipinski definition) is 0. The highest BCUT2D eigenvalue weighted by molar-refractivity contribution is 8.00. The van der Waals surface area contributed by atoms with Crippen LogP contribution < -0.4 is 4.90 Å². The van der Waals surface area contributed by atoms with Crippen LogP contribution in [-0.4, -0.2) is 58.3 Å². The standard InChI is InChI=1S/C17H18F4N4O2S/c1-11(14(26)12-2-4-13(18)5-3-12)28-16-23-22-15(24-6-8-27-9-7-24)25(16)10-17(19,20)21/h2-5,11H,6-10H2,1H3. The van der Waals surface area contributed by atoms with Gasteiger partial charge in [-0.1, -0.05) is 11.8 Å². The topological polar surface area (TPSA) is 60.2 Å². The van der Waals surface area contributed by atoms with E-state index in [-0.39, 0.29) is 22.5 Å². The van der Waals surface area contributed by atoms with Gasteiger partial charge < -0.3 is 9.64 Å². The number of halogens is 4. The molecule has 28 heavy (non-hydrogen) atoms. The zero-order chi connectivity index (χ0) is 20.3. The number of benzene rings is 1. The van der Waals surface area contributed by atoms with Crippen molar-refractivity contribution < 1.29 is 27.1 Å². The summed E-state index contributed by atoms with van der Waals surface area (Å²) in [7, 11) is 0. The molecule has 2 heterocycles. The van der Waals surface area contributed by atoms with Gasteiger partial charge in [-0.2, -0.15) is 13.2 Å². The van der Waals surface area contributed by atoms with Gasteiger partial charge in [-0.05, 0) is 31.2 Å². The molecule has 152 valence electrons. The largest absolute Gasteiger partial charge is 0.406 e. The minimum absolute atomic E-state index is 0.00165. The number of aromatic nitrogens is 3. The number of morpholine rings is 1. The Morgan fingerprint density at radius 3 is 2.46 bits per heavy atom. The van der Waals surface area contributed by atoms with Gasteiger partial charge in [-0.15, -0.1) is 10.2 Å². The van der Waals surface area contributed by atoms with E-state index in [2.05, 4.69) is 10.2 Å². The van der Waals surface area contributed by atoms with Crippen molar-refractivity contribution in [1.82, 2.24) is 14.8 Å². The maximum absolute atomic E-state index is 13.1. The van der Waals surface area contributed by atoms with E-state index in [4.69, 9.17) is 4.74 Å². The van der Waals surface area contributed by atoms with Crippen molar-refractivity contribution in [3.8, 4) is 0 Å². The molecule has 0 aliphatic carbocycles. The van der Waals surface area contributed by atoms with E-state index in [9.17, 15) is 22.4 Å². The molecule has 1 unspecified atom stereocenters. The first-order valence-electron chi connectivity index (χ1n) is 8.53. The van der Waals surface area contributed by atoms with Crippen LogP contribution in [0.5, 0.6) is 0 Å². The SMILES string of the molecule is CC(Sc1nnc(N2CCOCC2)n1CC(F)(F)F)C(=O)c1ccc(F)cc1. The van der Waals surface area contributed by atoms with Crippen LogP contribution in [0, 0.1) is 5.82 Å². The molecule has 1 aliphatic rings. The molecule has 2 aromatic rings. The van der Waals surface area contributed by atoms with Crippen molar-refractivity contribution in [1.29, 1.82) is 0 Å². The van der Waals surface area contributed by atoms with Gasteiger partial charge in [-0.3, -0.25) is 9.36 Å².